The fraction of sp³-hybridized carbons (Fsp3) is 0.364. The van der Waals surface area contributed by atoms with Crippen LogP contribution >= 0.6 is 11.6 Å². The molecule has 0 aliphatic heterocycles. The summed E-state index contributed by atoms with van der Waals surface area (Å²) in [5, 5.41) is 3.65. The first-order chi connectivity index (χ1) is 7.70. The minimum atomic E-state index is -0.199. The van der Waals surface area contributed by atoms with Crippen molar-refractivity contribution in [2.45, 2.75) is 25.6 Å². The van der Waals surface area contributed by atoms with E-state index in [1.165, 1.54) is 0 Å². The second-order valence-electron chi connectivity index (χ2n) is 3.58. The molecule has 84 valence electrons. The molecule has 0 aliphatic rings. The SMILES string of the molecule is CCC(Cl)c1noc(-c2cncc(C)c2)n1. The second kappa shape index (κ2) is 4.61. The van der Waals surface area contributed by atoms with Gasteiger partial charge in [-0.05, 0) is 25.0 Å². The number of aromatic nitrogens is 3. The number of rotatable bonds is 3. The van der Waals surface area contributed by atoms with Crippen molar-refractivity contribution in [3.63, 3.8) is 0 Å². The zero-order valence-corrected chi connectivity index (χ0v) is 9.90. The molecule has 2 aromatic rings. The molecule has 0 fully saturated rings. The third-order valence-electron chi connectivity index (χ3n) is 2.20. The van der Waals surface area contributed by atoms with E-state index >= 15 is 0 Å². The van der Waals surface area contributed by atoms with Gasteiger partial charge in [-0.3, -0.25) is 4.98 Å². The third kappa shape index (κ3) is 2.22. The van der Waals surface area contributed by atoms with Gasteiger partial charge in [-0.1, -0.05) is 12.1 Å². The molecule has 0 amide bonds. The molecule has 0 radical (unpaired) electrons. The number of aryl methyl sites for hydroxylation is 1. The molecule has 0 aromatic carbocycles. The van der Waals surface area contributed by atoms with Crippen molar-refractivity contribution in [3.05, 3.63) is 29.8 Å². The Morgan fingerprint density at radius 3 is 2.94 bits per heavy atom. The lowest BCUT2D eigenvalue weighted by molar-refractivity contribution is 0.421. The van der Waals surface area contributed by atoms with Gasteiger partial charge >= 0.3 is 0 Å². The van der Waals surface area contributed by atoms with Gasteiger partial charge in [-0.15, -0.1) is 11.6 Å². The standard InChI is InChI=1S/C11H12ClN3O/c1-3-9(12)10-14-11(16-15-10)8-4-7(2)5-13-6-8/h4-6,9H,3H2,1-2H3. The molecule has 0 bridgehead atoms. The van der Waals surface area contributed by atoms with E-state index in [0.29, 0.717) is 11.7 Å². The number of alkyl halides is 1. The summed E-state index contributed by atoms with van der Waals surface area (Å²) in [6.07, 6.45) is 4.24. The van der Waals surface area contributed by atoms with E-state index in [-0.39, 0.29) is 5.38 Å². The van der Waals surface area contributed by atoms with Crippen LogP contribution in [-0.4, -0.2) is 15.1 Å². The van der Waals surface area contributed by atoms with E-state index in [1.807, 2.05) is 19.9 Å². The monoisotopic (exact) mass is 237 g/mol. The molecule has 0 aliphatic carbocycles. The zero-order chi connectivity index (χ0) is 11.5. The Kier molecular flexibility index (Phi) is 3.19. The number of halogens is 1. The van der Waals surface area contributed by atoms with Crippen molar-refractivity contribution in [2.75, 3.05) is 0 Å². The number of hydrogen-bond acceptors (Lipinski definition) is 4. The van der Waals surface area contributed by atoms with Crippen molar-refractivity contribution in [3.8, 4) is 11.5 Å². The van der Waals surface area contributed by atoms with Gasteiger partial charge in [0.1, 0.15) is 0 Å². The number of pyridine rings is 1. The normalized spacial score (nSPS) is 12.7. The Balaban J connectivity index is 2.31. The van der Waals surface area contributed by atoms with Gasteiger partial charge in [0.2, 0.25) is 0 Å². The predicted molar refractivity (Wildman–Crippen MR) is 61.2 cm³/mol. The molecule has 1 unspecified atom stereocenters. The first-order valence-corrected chi connectivity index (χ1v) is 5.54. The lowest BCUT2D eigenvalue weighted by Gasteiger charge is -1.96. The Hall–Kier alpha value is -1.42. The maximum atomic E-state index is 6.02. The summed E-state index contributed by atoms with van der Waals surface area (Å²) >= 11 is 6.02. The highest BCUT2D eigenvalue weighted by molar-refractivity contribution is 6.20. The zero-order valence-electron chi connectivity index (χ0n) is 9.14. The van der Waals surface area contributed by atoms with Crippen LogP contribution in [0.5, 0.6) is 0 Å². The van der Waals surface area contributed by atoms with E-state index in [9.17, 15) is 0 Å². The van der Waals surface area contributed by atoms with E-state index in [2.05, 4.69) is 15.1 Å². The van der Waals surface area contributed by atoms with E-state index in [0.717, 1.165) is 17.5 Å². The quantitative estimate of drug-likeness (QED) is 0.770. The Labute approximate surface area is 98.7 Å². The van der Waals surface area contributed by atoms with Gasteiger partial charge in [0, 0.05) is 12.4 Å². The smallest absolute Gasteiger partial charge is 0.259 e. The minimum Gasteiger partial charge on any atom is -0.334 e. The lowest BCUT2D eigenvalue weighted by atomic mass is 10.2. The largest absolute Gasteiger partial charge is 0.334 e. The molecule has 0 N–H and O–H groups in total. The first kappa shape index (κ1) is 11.1. The summed E-state index contributed by atoms with van der Waals surface area (Å²) in [5.74, 6) is 0.992. The molecule has 0 saturated carbocycles. The lowest BCUT2D eigenvalue weighted by Crippen LogP contribution is -1.90. The van der Waals surface area contributed by atoms with Crippen LogP contribution in [0.4, 0.5) is 0 Å². The van der Waals surface area contributed by atoms with Crippen molar-refractivity contribution >= 4 is 11.6 Å². The van der Waals surface area contributed by atoms with Gasteiger partial charge in [0.05, 0.1) is 10.9 Å². The number of hydrogen-bond donors (Lipinski definition) is 0. The molecule has 2 heterocycles. The van der Waals surface area contributed by atoms with Crippen molar-refractivity contribution in [1.29, 1.82) is 0 Å². The van der Waals surface area contributed by atoms with Crippen LogP contribution < -0.4 is 0 Å². The van der Waals surface area contributed by atoms with Crippen molar-refractivity contribution < 1.29 is 4.52 Å². The van der Waals surface area contributed by atoms with E-state index in [4.69, 9.17) is 16.1 Å². The van der Waals surface area contributed by atoms with Crippen molar-refractivity contribution in [1.82, 2.24) is 15.1 Å². The van der Waals surface area contributed by atoms with Gasteiger partial charge < -0.3 is 4.52 Å². The van der Waals surface area contributed by atoms with Gasteiger partial charge in [0.25, 0.3) is 5.89 Å². The van der Waals surface area contributed by atoms with Gasteiger partial charge in [0.15, 0.2) is 5.82 Å². The molecule has 1 atom stereocenters. The molecule has 5 heteroatoms. The van der Waals surface area contributed by atoms with Crippen LogP contribution in [0.1, 0.15) is 30.1 Å². The van der Waals surface area contributed by atoms with Crippen LogP contribution in [-0.2, 0) is 0 Å². The van der Waals surface area contributed by atoms with Gasteiger partial charge in [-0.2, -0.15) is 4.98 Å². The summed E-state index contributed by atoms with van der Waals surface area (Å²) in [5.41, 5.74) is 1.87. The summed E-state index contributed by atoms with van der Waals surface area (Å²) in [6, 6.07) is 1.94. The molecule has 0 spiro atoms. The molecular formula is C11H12ClN3O. The summed E-state index contributed by atoms with van der Waals surface area (Å²) in [6.45, 7) is 3.94. The fourth-order valence-corrected chi connectivity index (χ4v) is 1.42. The second-order valence-corrected chi connectivity index (χ2v) is 4.11. The highest BCUT2D eigenvalue weighted by Gasteiger charge is 2.14. The highest BCUT2D eigenvalue weighted by atomic mass is 35.5. The fourth-order valence-electron chi connectivity index (χ4n) is 1.33. The molecule has 4 nitrogen and oxygen atoms in total. The topological polar surface area (TPSA) is 51.8 Å². The third-order valence-corrected chi connectivity index (χ3v) is 2.71. The molecular weight excluding hydrogens is 226 g/mol. The summed E-state index contributed by atoms with van der Waals surface area (Å²) < 4.78 is 5.14. The predicted octanol–water partition coefficient (Wildman–Crippen LogP) is 3.13. The van der Waals surface area contributed by atoms with E-state index < -0.39 is 0 Å². The Morgan fingerprint density at radius 2 is 2.25 bits per heavy atom. The summed E-state index contributed by atoms with van der Waals surface area (Å²) in [4.78, 5) is 8.32. The molecule has 2 aromatic heterocycles. The van der Waals surface area contributed by atoms with Crippen LogP contribution in [0, 0.1) is 6.92 Å². The first-order valence-electron chi connectivity index (χ1n) is 5.10. The Bertz CT molecular complexity index is 484. The summed E-state index contributed by atoms with van der Waals surface area (Å²) in [7, 11) is 0. The Morgan fingerprint density at radius 1 is 1.44 bits per heavy atom. The maximum Gasteiger partial charge on any atom is 0.259 e. The average molecular weight is 238 g/mol. The molecule has 16 heavy (non-hydrogen) atoms. The molecule has 0 saturated heterocycles. The molecule has 2 rings (SSSR count). The van der Waals surface area contributed by atoms with Crippen molar-refractivity contribution in [2.24, 2.45) is 0 Å². The number of nitrogens with zero attached hydrogens (tertiary/aromatic N) is 3. The van der Waals surface area contributed by atoms with Crippen LogP contribution in [0.25, 0.3) is 11.5 Å². The van der Waals surface area contributed by atoms with Crippen LogP contribution in [0.3, 0.4) is 0 Å². The average Bonchev–Trinajstić information content (AvgIpc) is 2.77. The highest BCUT2D eigenvalue weighted by Crippen LogP contribution is 2.24. The van der Waals surface area contributed by atoms with Crippen LogP contribution in [0.2, 0.25) is 0 Å². The van der Waals surface area contributed by atoms with Gasteiger partial charge in [-0.25, -0.2) is 0 Å². The minimum absolute atomic E-state index is 0.199. The van der Waals surface area contributed by atoms with E-state index in [1.54, 1.807) is 12.4 Å². The van der Waals surface area contributed by atoms with Crippen LogP contribution in [0.15, 0.2) is 23.0 Å². The maximum absolute atomic E-state index is 6.02.